The van der Waals surface area contributed by atoms with E-state index in [0.717, 1.165) is 17.1 Å². The second-order valence-electron chi connectivity index (χ2n) is 9.47. The van der Waals surface area contributed by atoms with Crippen LogP contribution in [0.25, 0.3) is 0 Å². The first-order valence-electron chi connectivity index (χ1n) is 13.5. The lowest BCUT2D eigenvalue weighted by atomic mass is 10.1. The number of unbranched alkanes of at least 4 members (excludes halogenated alkanes) is 1. The SMILES string of the molecule is CCCCNC(=O)C(CC)N(Cc1ccc(Cl)cc1Cl)C(=O)CN(c1ccc(OC)c(Cl)c1)S(=O)(=O)c1ccccc1. The number of halogens is 3. The van der Waals surface area contributed by atoms with Crippen molar-refractivity contribution >= 4 is 62.3 Å². The molecule has 0 aliphatic carbocycles. The number of amides is 2. The molecule has 1 N–H and O–H groups in total. The number of carbonyl (C=O) groups excluding carboxylic acids is 2. The fourth-order valence-electron chi connectivity index (χ4n) is 4.32. The van der Waals surface area contributed by atoms with Gasteiger partial charge in [0.15, 0.2) is 0 Å². The number of benzene rings is 3. The average Bonchev–Trinajstić information content (AvgIpc) is 2.97. The maximum atomic E-state index is 14.1. The second-order valence-corrected chi connectivity index (χ2v) is 12.6. The van der Waals surface area contributed by atoms with Crippen molar-refractivity contribution in [2.75, 3.05) is 24.5 Å². The van der Waals surface area contributed by atoms with Gasteiger partial charge in [0.1, 0.15) is 18.3 Å². The number of hydrogen-bond acceptors (Lipinski definition) is 5. The predicted molar refractivity (Wildman–Crippen MR) is 168 cm³/mol. The van der Waals surface area contributed by atoms with Crippen molar-refractivity contribution in [2.45, 2.75) is 50.6 Å². The van der Waals surface area contributed by atoms with Gasteiger partial charge in [0.05, 0.1) is 22.7 Å². The fraction of sp³-hybridized carbons (Fsp3) is 0.333. The average molecular weight is 655 g/mol. The molecule has 0 aliphatic heterocycles. The van der Waals surface area contributed by atoms with Gasteiger partial charge in [0.2, 0.25) is 11.8 Å². The lowest BCUT2D eigenvalue weighted by Crippen LogP contribution is -2.52. The highest BCUT2D eigenvalue weighted by Crippen LogP contribution is 2.32. The Hall–Kier alpha value is -2.98. The van der Waals surface area contributed by atoms with E-state index < -0.39 is 28.5 Å². The molecule has 0 aliphatic rings. The summed E-state index contributed by atoms with van der Waals surface area (Å²) in [6.07, 6.45) is 1.95. The van der Waals surface area contributed by atoms with Gasteiger partial charge in [-0.2, -0.15) is 0 Å². The topological polar surface area (TPSA) is 96.0 Å². The minimum atomic E-state index is -4.23. The number of carbonyl (C=O) groups is 2. The molecular weight excluding hydrogens is 621 g/mol. The van der Waals surface area contributed by atoms with Crippen molar-refractivity contribution in [2.24, 2.45) is 0 Å². The summed E-state index contributed by atoms with van der Waals surface area (Å²) in [4.78, 5) is 28.8. The summed E-state index contributed by atoms with van der Waals surface area (Å²) in [7, 11) is -2.79. The van der Waals surface area contributed by atoms with Crippen LogP contribution >= 0.6 is 34.8 Å². The molecule has 0 bridgehead atoms. The van der Waals surface area contributed by atoms with Crippen LogP contribution in [0.5, 0.6) is 5.75 Å². The molecule has 3 aromatic rings. The van der Waals surface area contributed by atoms with E-state index >= 15 is 0 Å². The van der Waals surface area contributed by atoms with Crippen LogP contribution in [-0.2, 0) is 26.2 Å². The summed E-state index contributed by atoms with van der Waals surface area (Å²) < 4.78 is 34.0. The molecule has 2 amide bonds. The number of methoxy groups -OCH3 is 1. The van der Waals surface area contributed by atoms with Crippen LogP contribution in [0, 0.1) is 0 Å². The van der Waals surface area contributed by atoms with Crippen molar-refractivity contribution < 1.29 is 22.7 Å². The van der Waals surface area contributed by atoms with Gasteiger partial charge in [0.25, 0.3) is 10.0 Å². The van der Waals surface area contributed by atoms with Crippen LogP contribution in [0.1, 0.15) is 38.7 Å². The molecular formula is C30H34Cl3N3O5S. The molecule has 12 heteroatoms. The van der Waals surface area contributed by atoms with Crippen LogP contribution in [0.15, 0.2) is 71.6 Å². The monoisotopic (exact) mass is 653 g/mol. The van der Waals surface area contributed by atoms with Crippen LogP contribution < -0.4 is 14.4 Å². The summed E-state index contributed by atoms with van der Waals surface area (Å²) in [5, 5.41) is 3.80. The van der Waals surface area contributed by atoms with E-state index in [2.05, 4.69) is 5.32 Å². The lowest BCUT2D eigenvalue weighted by Gasteiger charge is -2.33. The summed E-state index contributed by atoms with van der Waals surface area (Å²) in [6, 6.07) is 16.2. The quantitative estimate of drug-likeness (QED) is 0.198. The molecule has 1 unspecified atom stereocenters. The second kappa shape index (κ2) is 15.5. The van der Waals surface area contributed by atoms with E-state index in [-0.39, 0.29) is 34.5 Å². The highest BCUT2D eigenvalue weighted by molar-refractivity contribution is 7.92. The molecule has 0 saturated heterocycles. The predicted octanol–water partition coefficient (Wildman–Crippen LogP) is 6.57. The van der Waals surface area contributed by atoms with Crippen molar-refractivity contribution in [3.05, 3.63) is 87.4 Å². The number of nitrogens with zero attached hydrogens (tertiary/aromatic N) is 2. The Labute approximate surface area is 262 Å². The summed E-state index contributed by atoms with van der Waals surface area (Å²) in [6.45, 7) is 3.60. The molecule has 0 saturated carbocycles. The Balaban J connectivity index is 2.08. The van der Waals surface area contributed by atoms with E-state index in [1.165, 1.54) is 42.3 Å². The molecule has 0 spiro atoms. The zero-order valence-electron chi connectivity index (χ0n) is 23.6. The van der Waals surface area contributed by atoms with Gasteiger partial charge in [-0.15, -0.1) is 0 Å². The molecule has 1 atom stereocenters. The van der Waals surface area contributed by atoms with Crippen LogP contribution in [0.3, 0.4) is 0 Å². The van der Waals surface area contributed by atoms with Crippen LogP contribution in [0.4, 0.5) is 5.69 Å². The number of anilines is 1. The minimum Gasteiger partial charge on any atom is -0.495 e. The lowest BCUT2D eigenvalue weighted by molar-refractivity contribution is -0.140. The normalized spacial score (nSPS) is 12.0. The van der Waals surface area contributed by atoms with E-state index in [1.807, 2.05) is 6.92 Å². The van der Waals surface area contributed by atoms with Crippen molar-refractivity contribution in [1.82, 2.24) is 10.2 Å². The number of rotatable bonds is 14. The first-order valence-corrected chi connectivity index (χ1v) is 16.0. The van der Waals surface area contributed by atoms with E-state index in [0.29, 0.717) is 27.9 Å². The van der Waals surface area contributed by atoms with Gasteiger partial charge in [-0.25, -0.2) is 8.42 Å². The van der Waals surface area contributed by atoms with Gasteiger partial charge in [-0.05, 0) is 60.9 Å². The molecule has 0 aromatic heterocycles. The largest absolute Gasteiger partial charge is 0.495 e. The smallest absolute Gasteiger partial charge is 0.264 e. The van der Waals surface area contributed by atoms with Gasteiger partial charge in [-0.3, -0.25) is 13.9 Å². The molecule has 3 rings (SSSR count). The number of nitrogens with one attached hydrogen (secondary N) is 1. The van der Waals surface area contributed by atoms with Gasteiger partial charge in [0, 0.05) is 23.1 Å². The molecule has 42 heavy (non-hydrogen) atoms. The standard InChI is InChI=1S/C30H34Cl3N3O5S/c1-4-6-16-34-30(38)27(5-2)35(19-21-12-13-22(31)17-25(21)32)29(37)20-36(23-14-15-28(41-3)26(33)18-23)42(39,40)24-10-8-7-9-11-24/h7-15,17-18,27H,4-6,16,19-20H2,1-3H3,(H,34,38). The van der Waals surface area contributed by atoms with Crippen LogP contribution in [-0.4, -0.2) is 51.4 Å². The highest BCUT2D eigenvalue weighted by atomic mass is 35.5. The molecule has 226 valence electrons. The molecule has 0 fully saturated rings. The zero-order valence-corrected chi connectivity index (χ0v) is 26.7. The third-order valence-corrected chi connectivity index (χ3v) is 9.28. The summed E-state index contributed by atoms with van der Waals surface area (Å²) >= 11 is 18.9. The number of ether oxygens (including phenoxy) is 1. The molecule has 3 aromatic carbocycles. The summed E-state index contributed by atoms with van der Waals surface area (Å²) in [5.41, 5.74) is 0.710. The van der Waals surface area contributed by atoms with Crippen molar-refractivity contribution in [1.29, 1.82) is 0 Å². The van der Waals surface area contributed by atoms with E-state index in [4.69, 9.17) is 39.5 Å². The molecule has 8 nitrogen and oxygen atoms in total. The number of sulfonamides is 1. The highest BCUT2D eigenvalue weighted by Gasteiger charge is 2.34. The number of hydrogen-bond donors (Lipinski definition) is 1. The maximum absolute atomic E-state index is 14.1. The Morgan fingerprint density at radius 2 is 1.67 bits per heavy atom. The first-order chi connectivity index (χ1) is 20.0. The summed E-state index contributed by atoms with van der Waals surface area (Å²) in [5.74, 6) is -0.600. The molecule has 0 heterocycles. The zero-order chi connectivity index (χ0) is 30.9. The molecule has 0 radical (unpaired) electrons. The Kier molecular flexibility index (Phi) is 12.4. The van der Waals surface area contributed by atoms with Gasteiger partial charge in [-0.1, -0.05) is 79.3 Å². The maximum Gasteiger partial charge on any atom is 0.264 e. The van der Waals surface area contributed by atoms with Gasteiger partial charge < -0.3 is 15.0 Å². The van der Waals surface area contributed by atoms with Crippen molar-refractivity contribution in [3.63, 3.8) is 0 Å². The minimum absolute atomic E-state index is 0.0126. The third-order valence-electron chi connectivity index (χ3n) is 6.60. The fourth-order valence-corrected chi connectivity index (χ4v) is 6.47. The third kappa shape index (κ3) is 8.31. The Morgan fingerprint density at radius 1 is 0.952 bits per heavy atom. The van der Waals surface area contributed by atoms with E-state index in [1.54, 1.807) is 43.3 Å². The Morgan fingerprint density at radius 3 is 2.26 bits per heavy atom. The van der Waals surface area contributed by atoms with Crippen molar-refractivity contribution in [3.8, 4) is 5.75 Å². The van der Waals surface area contributed by atoms with Crippen LogP contribution in [0.2, 0.25) is 15.1 Å². The first kappa shape index (κ1) is 33.5. The van der Waals surface area contributed by atoms with Gasteiger partial charge >= 0.3 is 0 Å². The van der Waals surface area contributed by atoms with E-state index in [9.17, 15) is 18.0 Å². The Bertz CT molecular complexity index is 1490.